The zero-order valence-electron chi connectivity index (χ0n) is 11.3. The van der Waals surface area contributed by atoms with Gasteiger partial charge in [-0.2, -0.15) is 15.1 Å². The van der Waals surface area contributed by atoms with Crippen LogP contribution in [0.3, 0.4) is 0 Å². The lowest BCUT2D eigenvalue weighted by Gasteiger charge is -2.22. The average Bonchev–Trinajstić information content (AvgIpc) is 2.89. The molecule has 2 aromatic heterocycles. The molecule has 0 aliphatic heterocycles. The van der Waals surface area contributed by atoms with Gasteiger partial charge in [0.2, 0.25) is 5.28 Å². The fourth-order valence-electron chi connectivity index (χ4n) is 2.18. The van der Waals surface area contributed by atoms with Crippen molar-refractivity contribution in [2.75, 3.05) is 11.4 Å². The Morgan fingerprint density at radius 2 is 1.95 bits per heavy atom. The minimum atomic E-state index is 0.210. The van der Waals surface area contributed by atoms with E-state index < -0.39 is 0 Å². The van der Waals surface area contributed by atoms with Gasteiger partial charge in [-0.3, -0.25) is 5.10 Å². The molecule has 0 amide bonds. The van der Waals surface area contributed by atoms with Crippen molar-refractivity contribution in [3.8, 4) is 0 Å². The molecule has 0 aliphatic carbocycles. The van der Waals surface area contributed by atoms with Gasteiger partial charge in [0, 0.05) is 12.2 Å². The third kappa shape index (κ3) is 2.20. The third-order valence-electron chi connectivity index (χ3n) is 3.18. The smallest absolute Gasteiger partial charge is 0.226 e. The van der Waals surface area contributed by atoms with E-state index in [-0.39, 0.29) is 5.28 Å². The summed E-state index contributed by atoms with van der Waals surface area (Å²) < 4.78 is 0. The van der Waals surface area contributed by atoms with Crippen LogP contribution in [0.25, 0.3) is 11.0 Å². The van der Waals surface area contributed by atoms with Gasteiger partial charge in [-0.15, -0.1) is 0 Å². The minimum absolute atomic E-state index is 0.210. The molecule has 20 heavy (non-hydrogen) atoms. The second kappa shape index (κ2) is 5.09. The predicted octanol–water partition coefficient (Wildman–Crippen LogP) is 3.47. The van der Waals surface area contributed by atoms with Crippen LogP contribution in [0.5, 0.6) is 0 Å². The van der Waals surface area contributed by atoms with Crippen LogP contribution < -0.4 is 4.90 Å². The molecular formula is C14H14ClN5. The van der Waals surface area contributed by atoms with Crippen molar-refractivity contribution in [3.05, 3.63) is 41.3 Å². The molecule has 0 radical (unpaired) electrons. The van der Waals surface area contributed by atoms with E-state index >= 15 is 0 Å². The number of aryl methyl sites for hydroxylation is 1. The molecular weight excluding hydrogens is 274 g/mol. The highest BCUT2D eigenvalue weighted by Crippen LogP contribution is 2.30. The van der Waals surface area contributed by atoms with Crippen molar-refractivity contribution in [3.63, 3.8) is 0 Å². The lowest BCUT2D eigenvalue weighted by molar-refractivity contribution is 0.988. The maximum atomic E-state index is 6.00. The number of benzene rings is 1. The molecule has 2 heterocycles. The number of aromatic amines is 1. The number of rotatable bonds is 3. The number of H-pyrrole nitrogens is 1. The van der Waals surface area contributed by atoms with Crippen molar-refractivity contribution in [2.45, 2.75) is 13.8 Å². The fraction of sp³-hybridized carbons (Fsp3) is 0.214. The lowest BCUT2D eigenvalue weighted by atomic mass is 10.2. The monoisotopic (exact) mass is 287 g/mol. The maximum absolute atomic E-state index is 6.00. The normalized spacial score (nSPS) is 10.9. The Balaban J connectivity index is 2.16. The minimum Gasteiger partial charge on any atom is -0.326 e. The average molecular weight is 288 g/mol. The van der Waals surface area contributed by atoms with Gasteiger partial charge in [-0.05, 0) is 37.6 Å². The molecule has 0 atom stereocenters. The predicted molar refractivity (Wildman–Crippen MR) is 80.6 cm³/mol. The number of halogens is 1. The zero-order chi connectivity index (χ0) is 14.1. The summed E-state index contributed by atoms with van der Waals surface area (Å²) in [5.74, 6) is 0.764. The van der Waals surface area contributed by atoms with Gasteiger partial charge in [0.25, 0.3) is 0 Å². The van der Waals surface area contributed by atoms with Crippen LogP contribution in [0.2, 0.25) is 5.28 Å². The van der Waals surface area contributed by atoms with Crippen LogP contribution in [0.15, 0.2) is 30.5 Å². The van der Waals surface area contributed by atoms with Gasteiger partial charge < -0.3 is 4.90 Å². The molecule has 3 aromatic rings. The van der Waals surface area contributed by atoms with E-state index in [1.165, 1.54) is 5.56 Å². The Morgan fingerprint density at radius 1 is 1.20 bits per heavy atom. The first-order chi connectivity index (χ1) is 9.69. The molecule has 0 spiro atoms. The van der Waals surface area contributed by atoms with Crippen molar-refractivity contribution < 1.29 is 0 Å². The van der Waals surface area contributed by atoms with Crippen molar-refractivity contribution in [1.82, 2.24) is 20.2 Å². The first-order valence-corrected chi connectivity index (χ1v) is 6.77. The molecule has 0 saturated heterocycles. The molecule has 0 saturated carbocycles. The second-order valence-corrected chi connectivity index (χ2v) is 4.87. The van der Waals surface area contributed by atoms with Crippen LogP contribution in [-0.4, -0.2) is 26.7 Å². The number of fused-ring (bicyclic) bond motifs is 1. The highest BCUT2D eigenvalue weighted by molar-refractivity contribution is 6.28. The van der Waals surface area contributed by atoms with E-state index in [1.54, 1.807) is 6.20 Å². The first kappa shape index (κ1) is 12.9. The number of anilines is 2. The van der Waals surface area contributed by atoms with Crippen LogP contribution in [-0.2, 0) is 0 Å². The topological polar surface area (TPSA) is 57.7 Å². The number of nitrogens with zero attached hydrogens (tertiary/aromatic N) is 4. The highest BCUT2D eigenvalue weighted by atomic mass is 35.5. The lowest BCUT2D eigenvalue weighted by Crippen LogP contribution is -2.18. The summed E-state index contributed by atoms with van der Waals surface area (Å²) in [6.07, 6.45) is 1.72. The Kier molecular flexibility index (Phi) is 3.28. The van der Waals surface area contributed by atoms with E-state index in [1.807, 2.05) is 0 Å². The number of hydrogen-bond acceptors (Lipinski definition) is 4. The molecule has 1 N–H and O–H groups in total. The summed E-state index contributed by atoms with van der Waals surface area (Å²) >= 11 is 6.00. The van der Waals surface area contributed by atoms with Gasteiger partial charge >= 0.3 is 0 Å². The van der Waals surface area contributed by atoms with Crippen molar-refractivity contribution in [1.29, 1.82) is 0 Å². The summed E-state index contributed by atoms with van der Waals surface area (Å²) in [6, 6.07) is 8.29. The van der Waals surface area contributed by atoms with Crippen LogP contribution >= 0.6 is 11.6 Å². The summed E-state index contributed by atoms with van der Waals surface area (Å²) in [5.41, 5.74) is 2.93. The molecule has 102 valence electrons. The molecule has 5 nitrogen and oxygen atoms in total. The SMILES string of the molecule is CCN(c1ccc(C)cc1)c1nc(Cl)nc2[nH]ncc12. The first-order valence-electron chi connectivity index (χ1n) is 6.40. The van der Waals surface area contributed by atoms with Crippen LogP contribution in [0.1, 0.15) is 12.5 Å². The molecule has 0 unspecified atom stereocenters. The Labute approximate surface area is 121 Å². The fourth-order valence-corrected chi connectivity index (χ4v) is 2.34. The number of nitrogens with one attached hydrogen (secondary N) is 1. The van der Waals surface area contributed by atoms with Crippen LogP contribution in [0, 0.1) is 6.92 Å². The van der Waals surface area contributed by atoms with Gasteiger partial charge in [0.05, 0.1) is 11.6 Å². The van der Waals surface area contributed by atoms with Crippen LogP contribution in [0.4, 0.5) is 11.5 Å². The Hall–Kier alpha value is -2.14. The standard InChI is InChI=1S/C14H14ClN5/c1-3-20(10-6-4-9(2)5-7-10)13-11-8-16-19-12(11)17-14(15)18-13/h4-8H,3H2,1-2H3,(H,16,17,18,19). The largest absolute Gasteiger partial charge is 0.326 e. The second-order valence-electron chi connectivity index (χ2n) is 4.53. The van der Waals surface area contributed by atoms with E-state index in [0.717, 1.165) is 23.4 Å². The molecule has 0 bridgehead atoms. The van der Waals surface area contributed by atoms with Gasteiger partial charge in [0.1, 0.15) is 5.82 Å². The number of aromatic nitrogens is 4. The van der Waals surface area contributed by atoms with Gasteiger partial charge in [-0.25, -0.2) is 0 Å². The van der Waals surface area contributed by atoms with E-state index in [9.17, 15) is 0 Å². The summed E-state index contributed by atoms with van der Waals surface area (Å²) in [6.45, 7) is 4.91. The zero-order valence-corrected chi connectivity index (χ0v) is 12.0. The molecule has 3 rings (SSSR count). The van der Waals surface area contributed by atoms with Crippen molar-refractivity contribution >= 4 is 34.1 Å². The summed E-state index contributed by atoms with van der Waals surface area (Å²) in [5, 5.41) is 7.91. The van der Waals surface area contributed by atoms with E-state index in [2.05, 4.69) is 63.2 Å². The third-order valence-corrected chi connectivity index (χ3v) is 3.35. The van der Waals surface area contributed by atoms with E-state index in [0.29, 0.717) is 5.65 Å². The van der Waals surface area contributed by atoms with E-state index in [4.69, 9.17) is 11.6 Å². The quantitative estimate of drug-likeness (QED) is 0.749. The van der Waals surface area contributed by atoms with Crippen molar-refractivity contribution in [2.24, 2.45) is 0 Å². The molecule has 1 aromatic carbocycles. The Bertz CT molecular complexity index is 735. The molecule has 0 aliphatic rings. The summed E-state index contributed by atoms with van der Waals surface area (Å²) in [4.78, 5) is 10.6. The number of hydrogen-bond donors (Lipinski definition) is 1. The Morgan fingerprint density at radius 3 is 2.65 bits per heavy atom. The van der Waals surface area contributed by atoms with Gasteiger partial charge in [-0.1, -0.05) is 17.7 Å². The highest BCUT2D eigenvalue weighted by Gasteiger charge is 2.15. The maximum Gasteiger partial charge on any atom is 0.226 e. The molecule has 0 fully saturated rings. The van der Waals surface area contributed by atoms with Gasteiger partial charge in [0.15, 0.2) is 5.65 Å². The summed E-state index contributed by atoms with van der Waals surface area (Å²) in [7, 11) is 0. The molecule has 6 heteroatoms.